The monoisotopic (exact) mass is 371 g/mol. The number of benzene rings is 3. The minimum Gasteiger partial charge on any atom is -0.348 e. The number of nitrogens with zero attached hydrogens (tertiary/aromatic N) is 2. The molecule has 0 saturated carbocycles. The average Bonchev–Trinajstić information content (AvgIpc) is 3.18. The largest absolute Gasteiger partial charge is 0.348 e. The Morgan fingerprint density at radius 3 is 2.21 bits per heavy atom. The van der Waals surface area contributed by atoms with Crippen LogP contribution < -0.4 is 5.32 Å². The summed E-state index contributed by atoms with van der Waals surface area (Å²) in [5, 5.41) is 7.61. The molecule has 1 heterocycles. The summed E-state index contributed by atoms with van der Waals surface area (Å²) in [4.78, 5) is 12.4. The van der Waals surface area contributed by atoms with E-state index in [1.807, 2.05) is 54.7 Å². The van der Waals surface area contributed by atoms with Crippen LogP contribution in [0.4, 0.5) is 4.39 Å². The van der Waals surface area contributed by atoms with Crippen molar-refractivity contribution in [2.45, 2.75) is 6.54 Å². The van der Waals surface area contributed by atoms with Crippen LogP contribution in [0.15, 0.2) is 91.1 Å². The fourth-order valence-corrected chi connectivity index (χ4v) is 2.97. The van der Waals surface area contributed by atoms with Crippen LogP contribution in [0.1, 0.15) is 15.9 Å². The lowest BCUT2D eigenvalue weighted by Gasteiger charge is -2.06. The zero-order valence-electron chi connectivity index (χ0n) is 15.0. The molecule has 1 N–H and O–H groups in total. The van der Waals surface area contributed by atoms with Gasteiger partial charge in [-0.05, 0) is 48.5 Å². The number of para-hydroxylation sites is 1. The molecular weight excluding hydrogens is 353 g/mol. The third-order valence-electron chi connectivity index (χ3n) is 4.40. The van der Waals surface area contributed by atoms with Gasteiger partial charge < -0.3 is 5.32 Å². The Labute approximate surface area is 162 Å². The Kier molecular flexibility index (Phi) is 4.97. The Bertz CT molecular complexity index is 1070. The van der Waals surface area contributed by atoms with Crippen molar-refractivity contribution in [1.82, 2.24) is 15.1 Å². The molecule has 4 rings (SSSR count). The van der Waals surface area contributed by atoms with Crippen LogP contribution in [0.2, 0.25) is 0 Å². The number of nitrogens with one attached hydrogen (secondary N) is 1. The fourth-order valence-electron chi connectivity index (χ4n) is 2.97. The van der Waals surface area contributed by atoms with Crippen molar-refractivity contribution < 1.29 is 9.18 Å². The van der Waals surface area contributed by atoms with Gasteiger partial charge in [0.15, 0.2) is 0 Å². The van der Waals surface area contributed by atoms with Crippen LogP contribution in [0, 0.1) is 5.82 Å². The van der Waals surface area contributed by atoms with Crippen molar-refractivity contribution >= 4 is 5.91 Å². The molecular formula is C23H18FN3O. The first-order valence-electron chi connectivity index (χ1n) is 8.94. The maximum atomic E-state index is 13.3. The van der Waals surface area contributed by atoms with E-state index < -0.39 is 0 Å². The first kappa shape index (κ1) is 17.7. The topological polar surface area (TPSA) is 46.9 Å². The van der Waals surface area contributed by atoms with Gasteiger partial charge in [-0.1, -0.05) is 36.4 Å². The number of carbonyl (C=O) groups is 1. The number of hydrogen-bond donors (Lipinski definition) is 1. The lowest BCUT2D eigenvalue weighted by Crippen LogP contribution is -2.22. The highest BCUT2D eigenvalue weighted by Gasteiger charge is 2.14. The molecule has 4 aromatic rings. The van der Waals surface area contributed by atoms with Crippen molar-refractivity contribution in [1.29, 1.82) is 0 Å². The zero-order chi connectivity index (χ0) is 19.3. The van der Waals surface area contributed by atoms with E-state index in [2.05, 4.69) is 10.4 Å². The van der Waals surface area contributed by atoms with Gasteiger partial charge in [0.25, 0.3) is 5.91 Å². The molecule has 0 fully saturated rings. The molecule has 0 aliphatic carbocycles. The molecule has 1 amide bonds. The fraction of sp³-hybridized carbons (Fsp3) is 0.0435. The standard InChI is InChI=1S/C23H18FN3O/c24-20-13-11-17(12-14-20)22-19(15-25-23(28)18-7-3-1-4-8-18)16-27(26-22)21-9-5-2-6-10-21/h1-14,16H,15H2,(H,25,28). The van der Waals surface area contributed by atoms with Gasteiger partial charge in [0.1, 0.15) is 5.82 Å². The SMILES string of the molecule is O=C(NCc1cn(-c2ccccc2)nc1-c1ccc(F)cc1)c1ccccc1. The second-order valence-electron chi connectivity index (χ2n) is 6.34. The molecule has 1 aromatic heterocycles. The molecule has 0 atom stereocenters. The average molecular weight is 371 g/mol. The highest BCUT2D eigenvalue weighted by molar-refractivity contribution is 5.94. The summed E-state index contributed by atoms with van der Waals surface area (Å²) >= 11 is 0. The van der Waals surface area contributed by atoms with Gasteiger partial charge in [-0.3, -0.25) is 4.79 Å². The first-order valence-corrected chi connectivity index (χ1v) is 8.94. The van der Waals surface area contributed by atoms with Crippen LogP contribution in [0.3, 0.4) is 0 Å². The van der Waals surface area contributed by atoms with Gasteiger partial charge in [0.2, 0.25) is 0 Å². The summed E-state index contributed by atoms with van der Waals surface area (Å²) in [6.45, 7) is 0.313. The van der Waals surface area contributed by atoms with Gasteiger partial charge in [-0.2, -0.15) is 5.10 Å². The number of rotatable bonds is 5. The quantitative estimate of drug-likeness (QED) is 0.557. The maximum Gasteiger partial charge on any atom is 0.251 e. The summed E-state index contributed by atoms with van der Waals surface area (Å²) in [5.41, 5.74) is 3.85. The zero-order valence-corrected chi connectivity index (χ0v) is 15.0. The van der Waals surface area contributed by atoms with Gasteiger partial charge in [0.05, 0.1) is 11.4 Å². The second kappa shape index (κ2) is 7.88. The molecule has 0 unspecified atom stereocenters. The van der Waals surface area contributed by atoms with E-state index in [1.54, 1.807) is 28.9 Å². The summed E-state index contributed by atoms with van der Waals surface area (Å²) in [7, 11) is 0. The number of hydrogen-bond acceptors (Lipinski definition) is 2. The van der Waals surface area contributed by atoms with E-state index in [0.29, 0.717) is 17.8 Å². The van der Waals surface area contributed by atoms with E-state index in [1.165, 1.54) is 12.1 Å². The Morgan fingerprint density at radius 2 is 1.54 bits per heavy atom. The molecule has 0 bridgehead atoms. The molecule has 138 valence electrons. The van der Waals surface area contributed by atoms with E-state index in [4.69, 9.17) is 0 Å². The molecule has 4 nitrogen and oxygen atoms in total. The highest BCUT2D eigenvalue weighted by Crippen LogP contribution is 2.24. The smallest absolute Gasteiger partial charge is 0.251 e. The number of amides is 1. The van der Waals surface area contributed by atoms with Crippen LogP contribution in [0.5, 0.6) is 0 Å². The lowest BCUT2D eigenvalue weighted by atomic mass is 10.1. The van der Waals surface area contributed by atoms with Crippen LogP contribution in [-0.2, 0) is 6.54 Å². The van der Waals surface area contributed by atoms with Crippen LogP contribution >= 0.6 is 0 Å². The first-order chi connectivity index (χ1) is 13.7. The van der Waals surface area contributed by atoms with E-state index >= 15 is 0 Å². The molecule has 0 saturated heterocycles. The molecule has 28 heavy (non-hydrogen) atoms. The molecule has 3 aromatic carbocycles. The lowest BCUT2D eigenvalue weighted by molar-refractivity contribution is 0.0951. The second-order valence-corrected chi connectivity index (χ2v) is 6.34. The van der Waals surface area contributed by atoms with Crippen LogP contribution in [-0.4, -0.2) is 15.7 Å². The van der Waals surface area contributed by atoms with Crippen molar-refractivity contribution in [3.05, 3.63) is 108 Å². The Hall–Kier alpha value is -3.73. The number of aromatic nitrogens is 2. The highest BCUT2D eigenvalue weighted by atomic mass is 19.1. The minimum absolute atomic E-state index is 0.155. The van der Waals surface area contributed by atoms with Gasteiger partial charge in [-0.25, -0.2) is 9.07 Å². The third-order valence-corrected chi connectivity index (χ3v) is 4.40. The van der Waals surface area contributed by atoms with Crippen molar-refractivity contribution in [2.24, 2.45) is 0 Å². The summed E-state index contributed by atoms with van der Waals surface area (Å²) in [6, 6.07) is 25.0. The predicted octanol–water partition coefficient (Wildman–Crippen LogP) is 4.61. The van der Waals surface area contributed by atoms with Gasteiger partial charge in [0, 0.05) is 29.4 Å². The van der Waals surface area contributed by atoms with E-state index in [-0.39, 0.29) is 11.7 Å². The summed E-state index contributed by atoms with van der Waals surface area (Å²) < 4.78 is 15.1. The molecule has 0 aliphatic rings. The Morgan fingerprint density at radius 1 is 0.893 bits per heavy atom. The van der Waals surface area contributed by atoms with Gasteiger partial charge in [-0.15, -0.1) is 0 Å². The molecule has 0 radical (unpaired) electrons. The predicted molar refractivity (Wildman–Crippen MR) is 107 cm³/mol. The summed E-state index contributed by atoms with van der Waals surface area (Å²) in [5.74, 6) is -0.455. The normalized spacial score (nSPS) is 10.6. The van der Waals surface area contributed by atoms with Crippen molar-refractivity contribution in [3.8, 4) is 16.9 Å². The molecule has 0 spiro atoms. The minimum atomic E-state index is -0.301. The van der Waals surface area contributed by atoms with Crippen LogP contribution in [0.25, 0.3) is 16.9 Å². The van der Waals surface area contributed by atoms with E-state index in [0.717, 1.165) is 16.8 Å². The Balaban J connectivity index is 1.65. The van der Waals surface area contributed by atoms with E-state index in [9.17, 15) is 9.18 Å². The van der Waals surface area contributed by atoms with Crippen molar-refractivity contribution in [2.75, 3.05) is 0 Å². The van der Waals surface area contributed by atoms with Gasteiger partial charge >= 0.3 is 0 Å². The third kappa shape index (κ3) is 3.83. The number of carbonyl (C=O) groups excluding carboxylic acids is 1. The maximum absolute atomic E-state index is 13.3. The summed E-state index contributed by atoms with van der Waals surface area (Å²) in [6.07, 6.45) is 1.89. The van der Waals surface area contributed by atoms with Crippen molar-refractivity contribution in [3.63, 3.8) is 0 Å². The molecule has 5 heteroatoms. The number of halogens is 1. The molecule has 0 aliphatic heterocycles.